The zero-order valence-corrected chi connectivity index (χ0v) is 46.1. The van der Waals surface area contributed by atoms with Crippen LogP contribution in [0.2, 0.25) is 0 Å². The molecule has 0 aromatic heterocycles. The van der Waals surface area contributed by atoms with E-state index in [9.17, 15) is 40.5 Å². The van der Waals surface area contributed by atoms with Crippen LogP contribution in [-0.2, 0) is 33.2 Å². The Balaban J connectivity index is 1.72. The van der Waals surface area contributed by atoms with Gasteiger partial charge < -0.3 is 64.2 Å². The predicted octanol–water partition coefficient (Wildman–Crippen LogP) is 10.5. The first-order chi connectivity index (χ1) is 36.1. The van der Waals surface area contributed by atoms with E-state index in [4.69, 9.17) is 28.4 Å². The molecule has 0 aliphatic carbocycles. The first kappa shape index (κ1) is 67.8. The van der Waals surface area contributed by atoms with Gasteiger partial charge in [-0.3, -0.25) is 4.79 Å². The van der Waals surface area contributed by atoms with Gasteiger partial charge in [0.15, 0.2) is 12.6 Å². The molecule has 11 unspecified atom stereocenters. The Morgan fingerprint density at radius 3 is 1.38 bits per heavy atom. The van der Waals surface area contributed by atoms with Gasteiger partial charge in [0.1, 0.15) is 54.9 Å². The van der Waals surface area contributed by atoms with E-state index in [2.05, 4.69) is 74.6 Å². The first-order valence-electron chi connectivity index (χ1n) is 29.4. The van der Waals surface area contributed by atoms with E-state index < -0.39 is 80.7 Å². The molecule has 2 fully saturated rings. The second-order valence-electron chi connectivity index (χ2n) is 20.4. The van der Waals surface area contributed by atoms with Crippen molar-refractivity contribution in [3.05, 3.63) is 60.8 Å². The molecule has 2 heterocycles. The number of unbranched alkanes of at least 4 members (excludes halogenated alkanes) is 23. The summed E-state index contributed by atoms with van der Waals surface area (Å²) < 4.78 is 34.4. The van der Waals surface area contributed by atoms with Crippen LogP contribution in [0.3, 0.4) is 0 Å². The highest BCUT2D eigenvalue weighted by Crippen LogP contribution is 2.27. The van der Waals surface area contributed by atoms with E-state index >= 15 is 0 Å². The lowest BCUT2D eigenvalue weighted by Gasteiger charge is -2.42. The van der Waals surface area contributed by atoms with Gasteiger partial charge in [0.05, 0.1) is 26.4 Å². The molecule has 74 heavy (non-hydrogen) atoms. The van der Waals surface area contributed by atoms with Crippen molar-refractivity contribution in [1.29, 1.82) is 0 Å². The molecular formula is C60H106O14. The van der Waals surface area contributed by atoms with Crippen LogP contribution in [0.25, 0.3) is 0 Å². The molecule has 430 valence electrons. The minimum Gasteiger partial charge on any atom is -0.457 e. The summed E-state index contributed by atoms with van der Waals surface area (Å²) in [5.74, 6) is -0.380. The third-order valence-electron chi connectivity index (χ3n) is 13.8. The molecule has 7 N–H and O–H groups in total. The summed E-state index contributed by atoms with van der Waals surface area (Å²) in [5.41, 5.74) is 0. The molecule has 14 heteroatoms. The number of allylic oxidation sites excluding steroid dienone is 10. The Kier molecular flexibility index (Phi) is 42.8. The Morgan fingerprint density at radius 1 is 0.459 bits per heavy atom. The number of hydrogen-bond donors (Lipinski definition) is 7. The maximum atomic E-state index is 13.1. The summed E-state index contributed by atoms with van der Waals surface area (Å²) in [7, 11) is 0. The van der Waals surface area contributed by atoms with E-state index in [0.29, 0.717) is 13.0 Å². The third-order valence-corrected chi connectivity index (χ3v) is 13.8. The summed E-state index contributed by atoms with van der Waals surface area (Å²) in [6.45, 7) is 3.56. The van der Waals surface area contributed by atoms with Gasteiger partial charge in [0.2, 0.25) is 0 Å². The van der Waals surface area contributed by atoms with Crippen molar-refractivity contribution in [2.24, 2.45) is 0 Å². The van der Waals surface area contributed by atoms with Gasteiger partial charge in [-0.2, -0.15) is 0 Å². The quantitative estimate of drug-likeness (QED) is 0.0172. The highest BCUT2D eigenvalue weighted by Gasteiger charge is 2.47. The Hall–Kier alpha value is -2.31. The lowest BCUT2D eigenvalue weighted by atomic mass is 9.98. The first-order valence-corrected chi connectivity index (χ1v) is 29.4. The molecule has 0 bridgehead atoms. The van der Waals surface area contributed by atoms with Crippen LogP contribution in [0.15, 0.2) is 60.8 Å². The fraction of sp³-hybridized carbons (Fsp3) is 0.817. The molecule has 14 nitrogen and oxygen atoms in total. The number of aliphatic hydroxyl groups is 7. The lowest BCUT2D eigenvalue weighted by Crippen LogP contribution is -2.61. The fourth-order valence-corrected chi connectivity index (χ4v) is 9.08. The third kappa shape index (κ3) is 33.1. The molecule has 11 atom stereocenters. The number of carbonyl (C=O) groups is 1. The van der Waals surface area contributed by atoms with Crippen LogP contribution in [0.5, 0.6) is 0 Å². The summed E-state index contributed by atoms with van der Waals surface area (Å²) in [5, 5.41) is 72.4. The van der Waals surface area contributed by atoms with Crippen molar-refractivity contribution in [3.63, 3.8) is 0 Å². The summed E-state index contributed by atoms with van der Waals surface area (Å²) >= 11 is 0. The summed E-state index contributed by atoms with van der Waals surface area (Å²) in [4.78, 5) is 13.1. The molecule has 0 saturated carbocycles. The minimum atomic E-state index is -1.71. The van der Waals surface area contributed by atoms with E-state index in [1.807, 2.05) is 0 Å². The number of hydrogen-bond acceptors (Lipinski definition) is 14. The van der Waals surface area contributed by atoms with Gasteiger partial charge in [-0.05, 0) is 57.8 Å². The molecule has 0 spiro atoms. The normalized spacial score (nSPS) is 25.2. The highest BCUT2D eigenvalue weighted by atomic mass is 16.7. The van der Waals surface area contributed by atoms with Crippen LogP contribution >= 0.6 is 0 Å². The maximum Gasteiger partial charge on any atom is 0.306 e. The van der Waals surface area contributed by atoms with Crippen LogP contribution in [-0.4, -0.2) is 142 Å². The Labute approximate surface area is 447 Å². The van der Waals surface area contributed by atoms with Crippen LogP contribution in [0.1, 0.15) is 213 Å². The molecule has 0 aromatic rings. The number of carbonyl (C=O) groups excluding carboxylic acids is 1. The predicted molar refractivity (Wildman–Crippen MR) is 293 cm³/mol. The fourth-order valence-electron chi connectivity index (χ4n) is 9.08. The van der Waals surface area contributed by atoms with Crippen molar-refractivity contribution in [2.45, 2.75) is 280 Å². The molecule has 0 amide bonds. The van der Waals surface area contributed by atoms with Gasteiger partial charge in [0, 0.05) is 13.0 Å². The van der Waals surface area contributed by atoms with Crippen molar-refractivity contribution in [1.82, 2.24) is 0 Å². The van der Waals surface area contributed by atoms with Crippen molar-refractivity contribution in [2.75, 3.05) is 33.0 Å². The Bertz CT molecular complexity index is 1450. The average molecular weight is 1050 g/mol. The number of esters is 1. The standard InChI is InChI=1S/C60H106O14/c1-3-5-7-9-11-13-15-17-19-21-23-24-25-26-28-30-32-34-36-38-40-42-44-69-46-49(72-52(62)43-41-39-37-35-33-31-29-27-22-20-18-16-14-12-10-8-6-4-2)47-70-59-58(68)56(66)54(64)51(74-59)48-71-60-57(67)55(65)53(63)50(45-61)73-60/h5,7,11,13,17,19,23-24,26,28,49-51,53-61,63-68H,3-4,6,8-10,12,14-16,18,20-22,25,27,29-48H2,1-2H3/b7-5-,13-11-,19-17-,24-23-,28-26-. The molecule has 2 aliphatic heterocycles. The van der Waals surface area contributed by atoms with Crippen LogP contribution < -0.4 is 0 Å². The van der Waals surface area contributed by atoms with Crippen LogP contribution in [0, 0.1) is 0 Å². The summed E-state index contributed by atoms with van der Waals surface area (Å²) in [6.07, 6.45) is 41.3. The molecule has 2 aliphatic rings. The number of aliphatic hydroxyl groups excluding tert-OH is 7. The monoisotopic (exact) mass is 1050 g/mol. The zero-order chi connectivity index (χ0) is 53.7. The largest absolute Gasteiger partial charge is 0.457 e. The van der Waals surface area contributed by atoms with Gasteiger partial charge >= 0.3 is 5.97 Å². The van der Waals surface area contributed by atoms with Crippen molar-refractivity contribution < 1.29 is 69.0 Å². The SMILES string of the molecule is CC/C=C\C/C=C\C/C=C\C/C=C\C/C=C\CCCCCCCCOCC(COC1OC(COC2OC(CO)C(O)C(O)C2O)C(O)C(O)C1O)OC(=O)CCCCCCCCCCCCCCCCCCCC. The maximum absolute atomic E-state index is 13.1. The molecular weight excluding hydrogens is 945 g/mol. The van der Waals surface area contributed by atoms with E-state index in [-0.39, 0.29) is 25.6 Å². The number of rotatable bonds is 47. The van der Waals surface area contributed by atoms with E-state index in [1.54, 1.807) is 0 Å². The molecule has 2 saturated heterocycles. The highest BCUT2D eigenvalue weighted by molar-refractivity contribution is 5.69. The van der Waals surface area contributed by atoms with Gasteiger partial charge in [-0.1, -0.05) is 209 Å². The zero-order valence-electron chi connectivity index (χ0n) is 46.1. The average Bonchev–Trinajstić information content (AvgIpc) is 3.40. The number of ether oxygens (including phenoxy) is 6. The topological polar surface area (TPSA) is 214 Å². The lowest BCUT2D eigenvalue weighted by molar-refractivity contribution is -0.332. The molecule has 0 radical (unpaired) electrons. The van der Waals surface area contributed by atoms with Crippen LogP contribution in [0.4, 0.5) is 0 Å². The van der Waals surface area contributed by atoms with Gasteiger partial charge in [-0.25, -0.2) is 0 Å². The second-order valence-corrected chi connectivity index (χ2v) is 20.4. The molecule has 0 aromatic carbocycles. The van der Waals surface area contributed by atoms with E-state index in [1.165, 1.54) is 96.3 Å². The van der Waals surface area contributed by atoms with Gasteiger partial charge in [-0.15, -0.1) is 0 Å². The van der Waals surface area contributed by atoms with Crippen molar-refractivity contribution >= 4 is 5.97 Å². The van der Waals surface area contributed by atoms with Crippen molar-refractivity contribution in [3.8, 4) is 0 Å². The van der Waals surface area contributed by atoms with E-state index in [0.717, 1.165) is 89.9 Å². The second kappa shape index (κ2) is 46.8. The Morgan fingerprint density at radius 2 is 0.878 bits per heavy atom. The smallest absolute Gasteiger partial charge is 0.306 e. The molecule has 2 rings (SSSR count). The van der Waals surface area contributed by atoms with Gasteiger partial charge in [0.25, 0.3) is 0 Å². The minimum absolute atomic E-state index is 0.0513. The summed E-state index contributed by atoms with van der Waals surface area (Å²) in [6, 6.07) is 0.